The Morgan fingerprint density at radius 3 is 2.40 bits per heavy atom. The Bertz CT molecular complexity index is 199. The largest absolute Gasteiger partial charge is 0.371 e. The second-order valence-electron chi connectivity index (χ2n) is 5.44. The Morgan fingerprint density at radius 1 is 1.13 bits per heavy atom. The van der Waals surface area contributed by atoms with Crippen molar-refractivity contribution in [2.75, 3.05) is 4.43 Å². The number of hydrogen-bond donors (Lipinski definition) is 0. The molecule has 2 aliphatic rings. The Labute approximate surface area is 107 Å². The standard InChI is InChI=1S/C13H23IO/c1-11-6-2-3-7-12(11)15-13(10-14)8-4-5-9-13/h11-12H,2-10H2,1H3. The van der Waals surface area contributed by atoms with Crippen molar-refractivity contribution in [1.82, 2.24) is 0 Å². The minimum atomic E-state index is 0.261. The Balaban J connectivity index is 1.93. The van der Waals surface area contributed by atoms with Gasteiger partial charge in [-0.3, -0.25) is 0 Å². The van der Waals surface area contributed by atoms with Crippen LogP contribution in [0.2, 0.25) is 0 Å². The molecule has 2 aliphatic carbocycles. The molecular formula is C13H23IO. The molecule has 2 atom stereocenters. The molecule has 2 heteroatoms. The topological polar surface area (TPSA) is 9.23 Å². The van der Waals surface area contributed by atoms with Gasteiger partial charge in [-0.05, 0) is 31.6 Å². The first kappa shape index (κ1) is 12.2. The quantitative estimate of drug-likeness (QED) is 0.555. The second-order valence-corrected chi connectivity index (χ2v) is 6.20. The van der Waals surface area contributed by atoms with Crippen LogP contribution in [-0.2, 0) is 4.74 Å². The maximum atomic E-state index is 6.49. The van der Waals surface area contributed by atoms with Gasteiger partial charge >= 0.3 is 0 Å². The summed E-state index contributed by atoms with van der Waals surface area (Å²) in [4.78, 5) is 0. The Hall–Kier alpha value is 0.690. The van der Waals surface area contributed by atoms with E-state index >= 15 is 0 Å². The normalized spacial score (nSPS) is 35.6. The fraction of sp³-hybridized carbons (Fsp3) is 1.00. The highest BCUT2D eigenvalue weighted by Crippen LogP contribution is 2.39. The van der Waals surface area contributed by atoms with Gasteiger partial charge in [0.15, 0.2) is 0 Å². The highest BCUT2D eigenvalue weighted by molar-refractivity contribution is 14.1. The van der Waals surface area contributed by atoms with Crippen LogP contribution in [0, 0.1) is 5.92 Å². The molecule has 2 unspecified atom stereocenters. The van der Waals surface area contributed by atoms with Gasteiger partial charge in [-0.2, -0.15) is 0 Å². The second kappa shape index (κ2) is 5.35. The maximum Gasteiger partial charge on any atom is 0.0775 e. The van der Waals surface area contributed by atoms with Crippen LogP contribution in [0.4, 0.5) is 0 Å². The average molecular weight is 322 g/mol. The van der Waals surface area contributed by atoms with E-state index in [1.165, 1.54) is 55.8 Å². The van der Waals surface area contributed by atoms with E-state index in [2.05, 4.69) is 29.5 Å². The molecule has 0 heterocycles. The number of rotatable bonds is 3. The molecule has 2 fully saturated rings. The van der Waals surface area contributed by atoms with Crippen LogP contribution in [-0.4, -0.2) is 16.1 Å². The zero-order valence-electron chi connectivity index (χ0n) is 9.80. The molecule has 88 valence electrons. The van der Waals surface area contributed by atoms with Crippen molar-refractivity contribution < 1.29 is 4.74 Å². The van der Waals surface area contributed by atoms with Crippen molar-refractivity contribution in [3.63, 3.8) is 0 Å². The molecule has 0 aromatic carbocycles. The predicted octanol–water partition coefficient (Wildman–Crippen LogP) is 4.33. The number of halogens is 1. The number of hydrogen-bond acceptors (Lipinski definition) is 1. The lowest BCUT2D eigenvalue weighted by Gasteiger charge is -2.37. The zero-order valence-corrected chi connectivity index (χ0v) is 12.0. The van der Waals surface area contributed by atoms with Gasteiger partial charge in [0.1, 0.15) is 0 Å². The lowest BCUT2D eigenvalue weighted by atomic mass is 9.87. The smallest absolute Gasteiger partial charge is 0.0775 e. The third-order valence-corrected chi connectivity index (χ3v) is 5.58. The van der Waals surface area contributed by atoms with E-state index < -0.39 is 0 Å². The van der Waals surface area contributed by atoms with E-state index in [-0.39, 0.29) is 5.60 Å². The van der Waals surface area contributed by atoms with Gasteiger partial charge in [0.05, 0.1) is 11.7 Å². The molecule has 0 N–H and O–H groups in total. The summed E-state index contributed by atoms with van der Waals surface area (Å²) < 4.78 is 7.68. The highest BCUT2D eigenvalue weighted by atomic mass is 127. The fourth-order valence-corrected chi connectivity index (χ4v) is 4.02. The van der Waals surface area contributed by atoms with Crippen molar-refractivity contribution >= 4 is 22.6 Å². The zero-order chi connectivity index (χ0) is 10.7. The molecule has 0 aliphatic heterocycles. The minimum Gasteiger partial charge on any atom is -0.371 e. The lowest BCUT2D eigenvalue weighted by Crippen LogP contribution is -2.39. The number of alkyl halides is 1. The first-order chi connectivity index (χ1) is 7.26. The monoisotopic (exact) mass is 322 g/mol. The van der Waals surface area contributed by atoms with Crippen LogP contribution in [0.3, 0.4) is 0 Å². The summed E-state index contributed by atoms with van der Waals surface area (Å²) in [6.07, 6.45) is 11.4. The molecule has 0 amide bonds. The molecule has 0 saturated heterocycles. The van der Waals surface area contributed by atoms with Crippen LogP contribution in [0.5, 0.6) is 0 Å². The molecule has 1 nitrogen and oxygen atoms in total. The summed E-state index contributed by atoms with van der Waals surface area (Å²) in [5.41, 5.74) is 0.261. The molecule has 2 rings (SSSR count). The van der Waals surface area contributed by atoms with Gasteiger partial charge in [-0.15, -0.1) is 0 Å². The number of ether oxygens (including phenoxy) is 1. The SMILES string of the molecule is CC1CCCCC1OC1(CI)CCCC1. The predicted molar refractivity (Wildman–Crippen MR) is 72.6 cm³/mol. The van der Waals surface area contributed by atoms with Crippen molar-refractivity contribution in [2.45, 2.75) is 70.0 Å². The summed E-state index contributed by atoms with van der Waals surface area (Å²) in [5.74, 6) is 0.791. The van der Waals surface area contributed by atoms with E-state index in [1.54, 1.807) is 0 Å². The molecular weight excluding hydrogens is 299 g/mol. The van der Waals surface area contributed by atoms with Crippen molar-refractivity contribution in [2.24, 2.45) is 5.92 Å². The summed E-state index contributed by atoms with van der Waals surface area (Å²) in [5, 5.41) is 0. The van der Waals surface area contributed by atoms with E-state index in [1.807, 2.05) is 0 Å². The van der Waals surface area contributed by atoms with E-state index in [9.17, 15) is 0 Å². The van der Waals surface area contributed by atoms with Crippen LogP contribution in [0.15, 0.2) is 0 Å². The third-order valence-electron chi connectivity index (χ3n) is 4.19. The average Bonchev–Trinajstić information content (AvgIpc) is 2.71. The van der Waals surface area contributed by atoms with Gasteiger partial charge in [0.25, 0.3) is 0 Å². The van der Waals surface area contributed by atoms with Gasteiger partial charge in [-0.25, -0.2) is 0 Å². The van der Waals surface area contributed by atoms with Crippen LogP contribution in [0.1, 0.15) is 58.3 Å². The van der Waals surface area contributed by atoms with Gasteiger partial charge in [-0.1, -0.05) is 55.2 Å². The summed E-state index contributed by atoms with van der Waals surface area (Å²) >= 11 is 2.52. The molecule has 0 aromatic rings. The third kappa shape index (κ3) is 2.87. The summed E-state index contributed by atoms with van der Waals surface area (Å²) in [7, 11) is 0. The van der Waals surface area contributed by atoms with Gasteiger partial charge in [0.2, 0.25) is 0 Å². The van der Waals surface area contributed by atoms with Crippen LogP contribution < -0.4 is 0 Å². The Morgan fingerprint density at radius 2 is 1.80 bits per heavy atom. The van der Waals surface area contributed by atoms with Gasteiger partial charge < -0.3 is 4.74 Å². The summed E-state index contributed by atoms with van der Waals surface area (Å²) in [6.45, 7) is 2.37. The maximum absolute atomic E-state index is 6.49. The molecule has 2 saturated carbocycles. The Kier molecular flexibility index (Phi) is 4.33. The minimum absolute atomic E-state index is 0.261. The van der Waals surface area contributed by atoms with E-state index in [4.69, 9.17) is 4.74 Å². The molecule has 0 aromatic heterocycles. The lowest BCUT2D eigenvalue weighted by molar-refractivity contribution is -0.106. The highest BCUT2D eigenvalue weighted by Gasteiger charge is 2.37. The first-order valence-electron chi connectivity index (χ1n) is 6.49. The molecule has 0 spiro atoms. The van der Waals surface area contributed by atoms with Crippen LogP contribution in [0.25, 0.3) is 0 Å². The van der Waals surface area contributed by atoms with Crippen molar-refractivity contribution in [1.29, 1.82) is 0 Å². The van der Waals surface area contributed by atoms with Crippen molar-refractivity contribution in [3.8, 4) is 0 Å². The first-order valence-corrected chi connectivity index (χ1v) is 8.02. The van der Waals surface area contributed by atoms with E-state index in [0.29, 0.717) is 6.10 Å². The van der Waals surface area contributed by atoms with Gasteiger partial charge in [0, 0.05) is 4.43 Å². The molecule has 0 bridgehead atoms. The molecule has 15 heavy (non-hydrogen) atoms. The van der Waals surface area contributed by atoms with Crippen LogP contribution >= 0.6 is 22.6 Å². The van der Waals surface area contributed by atoms with Crippen molar-refractivity contribution in [3.05, 3.63) is 0 Å². The van der Waals surface area contributed by atoms with E-state index in [0.717, 1.165) is 5.92 Å². The molecule has 0 radical (unpaired) electrons. The summed E-state index contributed by atoms with van der Waals surface area (Å²) in [6, 6.07) is 0. The fourth-order valence-electron chi connectivity index (χ4n) is 3.08.